The van der Waals surface area contributed by atoms with Crippen LogP contribution in [0, 0.1) is 6.92 Å². The molecule has 2 nitrogen and oxygen atoms in total. The van der Waals surface area contributed by atoms with Crippen LogP contribution in [0.1, 0.15) is 36.7 Å². The molecule has 0 fully saturated rings. The fraction of sp³-hybridized carbons (Fsp3) is 0.462. The largest absolute Gasteiger partial charge is 0.346 e. The second kappa shape index (κ2) is 5.40. The molecule has 0 radical (unpaired) electrons. The van der Waals surface area contributed by atoms with Gasteiger partial charge in [0.2, 0.25) is 0 Å². The van der Waals surface area contributed by atoms with E-state index in [0.717, 1.165) is 10.0 Å². The summed E-state index contributed by atoms with van der Waals surface area (Å²) in [6.45, 7) is 7.64. The molecule has 1 rings (SSSR count). The third-order valence-electron chi connectivity index (χ3n) is 2.87. The predicted octanol–water partition coefficient (Wildman–Crippen LogP) is 3.89. The summed E-state index contributed by atoms with van der Waals surface area (Å²) in [5.41, 5.74) is 1.23. The highest BCUT2D eigenvalue weighted by Gasteiger charge is 2.27. The van der Waals surface area contributed by atoms with Crippen molar-refractivity contribution in [1.82, 2.24) is 5.32 Å². The summed E-state index contributed by atoms with van der Waals surface area (Å²) in [6.07, 6.45) is 0. The molecule has 1 amide bonds. The van der Waals surface area contributed by atoms with Gasteiger partial charge < -0.3 is 5.32 Å². The minimum Gasteiger partial charge on any atom is -0.346 e. The summed E-state index contributed by atoms with van der Waals surface area (Å²) in [5.74, 6) is -0.113. The third-order valence-corrected chi connectivity index (χ3v) is 4.46. The number of hydrogen-bond donors (Lipinski definition) is 1. The SMILES string of the molecule is Cc1cccc(C(=O)NC(C)(C)C(C)Cl)c1Br. The number of nitrogens with one attached hydrogen (secondary N) is 1. The van der Waals surface area contributed by atoms with Crippen molar-refractivity contribution in [2.75, 3.05) is 0 Å². The first-order chi connectivity index (χ1) is 7.75. The van der Waals surface area contributed by atoms with Crippen LogP contribution in [0.3, 0.4) is 0 Å². The first-order valence-electron chi connectivity index (χ1n) is 5.47. The van der Waals surface area contributed by atoms with Crippen molar-refractivity contribution in [3.8, 4) is 0 Å². The Bertz CT molecular complexity index is 429. The standard InChI is InChI=1S/C13H17BrClNO/c1-8-6-5-7-10(11(8)14)12(17)16-13(3,4)9(2)15/h5-7,9H,1-4H3,(H,16,17). The Kier molecular flexibility index (Phi) is 4.62. The third kappa shape index (κ3) is 3.46. The van der Waals surface area contributed by atoms with Crippen molar-refractivity contribution in [1.29, 1.82) is 0 Å². The van der Waals surface area contributed by atoms with Crippen LogP contribution in [0.25, 0.3) is 0 Å². The molecule has 1 N–H and O–H groups in total. The van der Waals surface area contributed by atoms with Crippen molar-refractivity contribution in [3.05, 3.63) is 33.8 Å². The Labute approximate surface area is 116 Å². The number of amides is 1. The molecule has 0 saturated carbocycles. The molecule has 0 heterocycles. The normalized spacial score (nSPS) is 13.3. The van der Waals surface area contributed by atoms with E-state index in [-0.39, 0.29) is 11.3 Å². The molecule has 0 spiro atoms. The van der Waals surface area contributed by atoms with E-state index in [1.807, 2.05) is 39.8 Å². The van der Waals surface area contributed by atoms with Crippen molar-refractivity contribution in [2.24, 2.45) is 0 Å². The fourth-order valence-corrected chi connectivity index (χ4v) is 1.78. The second-order valence-electron chi connectivity index (χ2n) is 4.73. The zero-order valence-corrected chi connectivity index (χ0v) is 12.8. The summed E-state index contributed by atoms with van der Waals surface area (Å²) in [7, 11) is 0. The van der Waals surface area contributed by atoms with Gasteiger partial charge in [0.15, 0.2) is 0 Å². The number of benzene rings is 1. The first-order valence-corrected chi connectivity index (χ1v) is 6.70. The van der Waals surface area contributed by atoms with Crippen LogP contribution >= 0.6 is 27.5 Å². The van der Waals surface area contributed by atoms with E-state index in [1.165, 1.54) is 0 Å². The zero-order chi connectivity index (χ0) is 13.2. The minimum atomic E-state index is -0.443. The number of alkyl halides is 1. The number of carbonyl (C=O) groups excluding carboxylic acids is 1. The van der Waals surface area contributed by atoms with E-state index in [4.69, 9.17) is 11.6 Å². The lowest BCUT2D eigenvalue weighted by atomic mass is 10.0. The van der Waals surface area contributed by atoms with E-state index in [1.54, 1.807) is 6.07 Å². The molecular weight excluding hydrogens is 302 g/mol. The number of rotatable bonds is 3. The maximum Gasteiger partial charge on any atom is 0.252 e. The van der Waals surface area contributed by atoms with Gasteiger partial charge in [-0.15, -0.1) is 11.6 Å². The van der Waals surface area contributed by atoms with Gasteiger partial charge in [0.05, 0.1) is 16.5 Å². The molecule has 17 heavy (non-hydrogen) atoms. The topological polar surface area (TPSA) is 29.1 Å². The van der Waals surface area contributed by atoms with Crippen LogP contribution in [-0.2, 0) is 0 Å². The van der Waals surface area contributed by atoms with Gasteiger partial charge in [-0.05, 0) is 55.3 Å². The van der Waals surface area contributed by atoms with Gasteiger partial charge in [0.25, 0.3) is 5.91 Å². The molecule has 0 aliphatic rings. The average Bonchev–Trinajstić information content (AvgIpc) is 2.21. The number of hydrogen-bond acceptors (Lipinski definition) is 1. The highest BCUT2D eigenvalue weighted by Crippen LogP contribution is 2.22. The van der Waals surface area contributed by atoms with E-state index < -0.39 is 5.54 Å². The molecule has 0 saturated heterocycles. The fourth-order valence-electron chi connectivity index (χ4n) is 1.28. The maximum atomic E-state index is 12.1. The molecule has 94 valence electrons. The lowest BCUT2D eigenvalue weighted by Crippen LogP contribution is -2.49. The van der Waals surface area contributed by atoms with Crippen LogP contribution in [-0.4, -0.2) is 16.8 Å². The summed E-state index contributed by atoms with van der Waals surface area (Å²) in [4.78, 5) is 12.1. The molecule has 1 aromatic carbocycles. The summed E-state index contributed by atoms with van der Waals surface area (Å²) < 4.78 is 0.829. The smallest absolute Gasteiger partial charge is 0.252 e. The van der Waals surface area contributed by atoms with E-state index in [0.29, 0.717) is 5.56 Å². The van der Waals surface area contributed by atoms with Gasteiger partial charge >= 0.3 is 0 Å². The van der Waals surface area contributed by atoms with E-state index in [9.17, 15) is 4.79 Å². The number of aryl methyl sites for hydroxylation is 1. The molecule has 0 aliphatic heterocycles. The Balaban J connectivity index is 2.95. The van der Waals surface area contributed by atoms with Crippen molar-refractivity contribution in [3.63, 3.8) is 0 Å². The zero-order valence-electron chi connectivity index (χ0n) is 10.5. The Morgan fingerprint density at radius 2 is 2.06 bits per heavy atom. The Morgan fingerprint density at radius 1 is 1.47 bits per heavy atom. The molecule has 1 aromatic rings. The van der Waals surface area contributed by atoms with E-state index in [2.05, 4.69) is 21.2 Å². The van der Waals surface area contributed by atoms with Crippen LogP contribution in [0.4, 0.5) is 0 Å². The summed E-state index contributed by atoms with van der Waals surface area (Å²) in [6, 6.07) is 5.61. The quantitative estimate of drug-likeness (QED) is 0.842. The van der Waals surface area contributed by atoms with Crippen molar-refractivity contribution < 1.29 is 4.79 Å². The minimum absolute atomic E-state index is 0.113. The highest BCUT2D eigenvalue weighted by molar-refractivity contribution is 9.10. The number of carbonyl (C=O) groups is 1. The summed E-state index contributed by atoms with van der Waals surface area (Å²) >= 11 is 9.48. The lowest BCUT2D eigenvalue weighted by Gasteiger charge is -2.29. The van der Waals surface area contributed by atoms with E-state index >= 15 is 0 Å². The molecular formula is C13H17BrClNO. The number of halogens is 2. The Hall–Kier alpha value is -0.540. The van der Waals surface area contributed by atoms with Gasteiger partial charge in [-0.25, -0.2) is 0 Å². The first kappa shape index (κ1) is 14.5. The van der Waals surface area contributed by atoms with Gasteiger partial charge in [-0.1, -0.05) is 12.1 Å². The highest BCUT2D eigenvalue weighted by atomic mass is 79.9. The Morgan fingerprint density at radius 3 is 2.59 bits per heavy atom. The summed E-state index contributed by atoms with van der Waals surface area (Å²) in [5, 5.41) is 2.80. The van der Waals surface area contributed by atoms with Crippen molar-refractivity contribution in [2.45, 2.75) is 38.6 Å². The predicted molar refractivity (Wildman–Crippen MR) is 75.7 cm³/mol. The van der Waals surface area contributed by atoms with Crippen LogP contribution < -0.4 is 5.32 Å². The molecule has 0 bridgehead atoms. The van der Waals surface area contributed by atoms with Gasteiger partial charge in [-0.3, -0.25) is 4.79 Å². The second-order valence-corrected chi connectivity index (χ2v) is 6.18. The van der Waals surface area contributed by atoms with Crippen LogP contribution in [0.5, 0.6) is 0 Å². The van der Waals surface area contributed by atoms with Gasteiger partial charge in [0, 0.05) is 4.47 Å². The van der Waals surface area contributed by atoms with Crippen LogP contribution in [0.15, 0.2) is 22.7 Å². The average molecular weight is 319 g/mol. The van der Waals surface area contributed by atoms with Crippen LogP contribution in [0.2, 0.25) is 0 Å². The molecule has 1 atom stereocenters. The van der Waals surface area contributed by atoms with Gasteiger partial charge in [0.1, 0.15) is 0 Å². The molecule has 0 aromatic heterocycles. The molecule has 4 heteroatoms. The molecule has 0 aliphatic carbocycles. The van der Waals surface area contributed by atoms with Gasteiger partial charge in [-0.2, -0.15) is 0 Å². The lowest BCUT2D eigenvalue weighted by molar-refractivity contribution is 0.0911. The molecule has 1 unspecified atom stereocenters. The van der Waals surface area contributed by atoms with Crippen molar-refractivity contribution >= 4 is 33.4 Å². The monoisotopic (exact) mass is 317 g/mol. The maximum absolute atomic E-state index is 12.1.